The Morgan fingerprint density at radius 2 is 1.95 bits per heavy atom. The molecule has 0 bridgehead atoms. The van der Waals surface area contributed by atoms with Crippen molar-refractivity contribution in [3.8, 4) is 0 Å². The molecule has 106 valence electrons. The second-order valence-corrected chi connectivity index (χ2v) is 4.78. The van der Waals surface area contributed by atoms with Gasteiger partial charge in [-0.05, 0) is 31.2 Å². The molecule has 2 rings (SSSR count). The number of para-hydroxylation sites is 2. The second kappa shape index (κ2) is 5.69. The number of aromatic carboxylic acids is 1. The SMILES string of the molecule is CC(Nc1ccccc1N(C)C)c1ccc(C(=O)O)o1. The van der Waals surface area contributed by atoms with Gasteiger partial charge in [-0.3, -0.25) is 0 Å². The van der Waals surface area contributed by atoms with E-state index < -0.39 is 5.97 Å². The number of carboxylic acids is 1. The van der Waals surface area contributed by atoms with Gasteiger partial charge in [-0.25, -0.2) is 4.79 Å². The van der Waals surface area contributed by atoms with E-state index in [4.69, 9.17) is 9.52 Å². The van der Waals surface area contributed by atoms with E-state index in [1.165, 1.54) is 6.07 Å². The van der Waals surface area contributed by atoms with Gasteiger partial charge in [0, 0.05) is 14.1 Å². The van der Waals surface area contributed by atoms with Crippen molar-refractivity contribution in [3.63, 3.8) is 0 Å². The number of hydrogen-bond donors (Lipinski definition) is 2. The van der Waals surface area contributed by atoms with Gasteiger partial charge >= 0.3 is 5.97 Å². The summed E-state index contributed by atoms with van der Waals surface area (Å²) in [6.07, 6.45) is 0. The lowest BCUT2D eigenvalue weighted by Crippen LogP contribution is -2.13. The molecular formula is C15H18N2O3. The predicted molar refractivity (Wildman–Crippen MR) is 78.5 cm³/mol. The van der Waals surface area contributed by atoms with E-state index >= 15 is 0 Å². The van der Waals surface area contributed by atoms with Crippen molar-refractivity contribution in [3.05, 3.63) is 47.9 Å². The van der Waals surface area contributed by atoms with Crippen LogP contribution in [0.25, 0.3) is 0 Å². The number of carboxylic acid groups (broad SMARTS) is 1. The van der Waals surface area contributed by atoms with E-state index in [1.807, 2.05) is 50.2 Å². The summed E-state index contributed by atoms with van der Waals surface area (Å²) in [6, 6.07) is 10.9. The minimum atomic E-state index is -1.06. The molecule has 2 aromatic rings. The van der Waals surface area contributed by atoms with E-state index in [0.717, 1.165) is 11.4 Å². The smallest absolute Gasteiger partial charge is 0.371 e. The van der Waals surface area contributed by atoms with Crippen LogP contribution >= 0.6 is 0 Å². The highest BCUT2D eigenvalue weighted by Crippen LogP contribution is 2.28. The highest BCUT2D eigenvalue weighted by molar-refractivity contribution is 5.84. The zero-order valence-electron chi connectivity index (χ0n) is 11.8. The molecule has 0 radical (unpaired) electrons. The molecule has 20 heavy (non-hydrogen) atoms. The van der Waals surface area contributed by atoms with Crippen LogP contribution < -0.4 is 10.2 Å². The highest BCUT2D eigenvalue weighted by atomic mass is 16.4. The molecule has 1 heterocycles. The predicted octanol–water partition coefficient (Wildman–Crippen LogP) is 3.22. The first-order chi connectivity index (χ1) is 9.49. The van der Waals surface area contributed by atoms with Crippen LogP contribution in [-0.2, 0) is 0 Å². The van der Waals surface area contributed by atoms with E-state index in [0.29, 0.717) is 5.76 Å². The molecule has 0 amide bonds. The van der Waals surface area contributed by atoms with Crippen LogP contribution in [0.3, 0.4) is 0 Å². The van der Waals surface area contributed by atoms with Crippen LogP contribution in [0.1, 0.15) is 29.3 Å². The summed E-state index contributed by atoms with van der Waals surface area (Å²) in [5, 5.41) is 12.2. The third kappa shape index (κ3) is 2.93. The van der Waals surface area contributed by atoms with Crippen molar-refractivity contribution in [2.75, 3.05) is 24.3 Å². The van der Waals surface area contributed by atoms with Gasteiger partial charge in [0.15, 0.2) is 0 Å². The Morgan fingerprint density at radius 1 is 1.25 bits per heavy atom. The van der Waals surface area contributed by atoms with Crippen LogP contribution in [0.2, 0.25) is 0 Å². The molecule has 0 fully saturated rings. The van der Waals surface area contributed by atoms with Crippen molar-refractivity contribution in [2.45, 2.75) is 13.0 Å². The number of furan rings is 1. The topological polar surface area (TPSA) is 65.7 Å². The second-order valence-electron chi connectivity index (χ2n) is 4.78. The molecule has 1 atom stereocenters. The molecule has 5 nitrogen and oxygen atoms in total. The van der Waals surface area contributed by atoms with Gasteiger partial charge in [0.25, 0.3) is 0 Å². The molecule has 0 saturated carbocycles. The number of carbonyl (C=O) groups is 1. The van der Waals surface area contributed by atoms with Crippen molar-refractivity contribution in [2.24, 2.45) is 0 Å². The fourth-order valence-corrected chi connectivity index (χ4v) is 1.99. The van der Waals surface area contributed by atoms with Crippen LogP contribution in [0, 0.1) is 0 Å². The summed E-state index contributed by atoms with van der Waals surface area (Å²) in [7, 11) is 3.95. The number of hydrogen-bond acceptors (Lipinski definition) is 4. The fourth-order valence-electron chi connectivity index (χ4n) is 1.99. The van der Waals surface area contributed by atoms with Crippen molar-refractivity contribution in [1.29, 1.82) is 0 Å². The van der Waals surface area contributed by atoms with Crippen LogP contribution in [-0.4, -0.2) is 25.2 Å². The molecule has 5 heteroatoms. The third-order valence-electron chi connectivity index (χ3n) is 3.02. The monoisotopic (exact) mass is 274 g/mol. The summed E-state index contributed by atoms with van der Waals surface area (Å²) in [5.41, 5.74) is 2.03. The fraction of sp³-hybridized carbons (Fsp3) is 0.267. The molecule has 0 saturated heterocycles. The Labute approximate surface area is 117 Å². The molecule has 0 spiro atoms. The maximum absolute atomic E-state index is 10.8. The lowest BCUT2D eigenvalue weighted by atomic mass is 10.2. The lowest BCUT2D eigenvalue weighted by molar-refractivity contribution is 0.0660. The van der Waals surface area contributed by atoms with Gasteiger partial charge in [-0.2, -0.15) is 0 Å². The van der Waals surface area contributed by atoms with Gasteiger partial charge in [0.2, 0.25) is 5.76 Å². The number of anilines is 2. The van der Waals surface area contributed by atoms with Gasteiger partial charge < -0.3 is 19.7 Å². The van der Waals surface area contributed by atoms with Crippen LogP contribution in [0.5, 0.6) is 0 Å². The summed E-state index contributed by atoms with van der Waals surface area (Å²) in [5.74, 6) is -0.511. The average Bonchev–Trinajstić information content (AvgIpc) is 2.89. The van der Waals surface area contributed by atoms with Gasteiger partial charge in [-0.1, -0.05) is 12.1 Å². The summed E-state index contributed by atoms with van der Waals surface area (Å²) >= 11 is 0. The maximum Gasteiger partial charge on any atom is 0.371 e. The summed E-state index contributed by atoms with van der Waals surface area (Å²) in [4.78, 5) is 12.8. The lowest BCUT2D eigenvalue weighted by Gasteiger charge is -2.20. The average molecular weight is 274 g/mol. The summed E-state index contributed by atoms with van der Waals surface area (Å²) < 4.78 is 5.30. The molecule has 0 aliphatic heterocycles. The van der Waals surface area contributed by atoms with E-state index in [2.05, 4.69) is 5.32 Å². The standard InChI is InChI=1S/C15H18N2O3/c1-10(13-8-9-14(20-13)15(18)19)16-11-6-4-5-7-12(11)17(2)3/h4-10,16H,1-3H3,(H,18,19). The first kappa shape index (κ1) is 14.0. The zero-order chi connectivity index (χ0) is 14.7. The Kier molecular flexibility index (Phi) is 3.98. The van der Waals surface area contributed by atoms with Crippen molar-refractivity contribution >= 4 is 17.3 Å². The molecule has 1 aromatic carbocycles. The molecule has 1 unspecified atom stereocenters. The molecular weight excluding hydrogens is 256 g/mol. The number of rotatable bonds is 5. The Balaban J connectivity index is 2.18. The quantitative estimate of drug-likeness (QED) is 0.876. The number of nitrogens with zero attached hydrogens (tertiary/aromatic N) is 1. The minimum absolute atomic E-state index is 0.0467. The van der Waals surface area contributed by atoms with Crippen molar-refractivity contribution in [1.82, 2.24) is 0 Å². The Hall–Kier alpha value is -2.43. The highest BCUT2D eigenvalue weighted by Gasteiger charge is 2.15. The van der Waals surface area contributed by atoms with E-state index in [1.54, 1.807) is 6.07 Å². The maximum atomic E-state index is 10.8. The van der Waals surface area contributed by atoms with E-state index in [-0.39, 0.29) is 11.8 Å². The van der Waals surface area contributed by atoms with E-state index in [9.17, 15) is 4.79 Å². The van der Waals surface area contributed by atoms with Crippen LogP contribution in [0.4, 0.5) is 11.4 Å². The van der Waals surface area contributed by atoms with Crippen LogP contribution in [0.15, 0.2) is 40.8 Å². The van der Waals surface area contributed by atoms with Gasteiger partial charge in [-0.15, -0.1) is 0 Å². The number of benzene rings is 1. The molecule has 0 aliphatic carbocycles. The Morgan fingerprint density at radius 3 is 2.55 bits per heavy atom. The normalized spacial score (nSPS) is 11.9. The molecule has 0 aliphatic rings. The number of nitrogens with one attached hydrogen (secondary N) is 1. The third-order valence-corrected chi connectivity index (χ3v) is 3.02. The largest absolute Gasteiger partial charge is 0.475 e. The van der Waals surface area contributed by atoms with Gasteiger partial charge in [0.1, 0.15) is 5.76 Å². The van der Waals surface area contributed by atoms with Crippen molar-refractivity contribution < 1.29 is 14.3 Å². The first-order valence-electron chi connectivity index (χ1n) is 6.35. The van der Waals surface area contributed by atoms with Gasteiger partial charge in [0.05, 0.1) is 17.4 Å². The first-order valence-corrected chi connectivity index (χ1v) is 6.35. The minimum Gasteiger partial charge on any atom is -0.475 e. The zero-order valence-corrected chi connectivity index (χ0v) is 11.8. The molecule has 1 aromatic heterocycles. The Bertz CT molecular complexity index is 605. The summed E-state index contributed by atoms with van der Waals surface area (Å²) in [6.45, 7) is 1.93. The molecule has 2 N–H and O–H groups in total.